The average Bonchev–Trinajstić information content (AvgIpc) is 2.39. The molecule has 0 radical (unpaired) electrons. The number of hydrogen-bond donors (Lipinski definition) is 2. The van der Waals surface area contributed by atoms with Crippen LogP contribution in [-0.2, 0) is 4.79 Å². The number of nitrogens with one attached hydrogen (secondary N) is 2. The third-order valence-electron chi connectivity index (χ3n) is 2.64. The normalized spacial score (nSPS) is 12.2. The Morgan fingerprint density at radius 2 is 2.05 bits per heavy atom. The Labute approximate surface area is 124 Å². The van der Waals surface area contributed by atoms with Gasteiger partial charge >= 0.3 is 0 Å². The summed E-state index contributed by atoms with van der Waals surface area (Å²) in [6.07, 6.45) is 1.08. The summed E-state index contributed by atoms with van der Waals surface area (Å²) in [6.45, 7) is 4.59. The Bertz CT molecular complexity index is 384. The molecule has 19 heavy (non-hydrogen) atoms. The third kappa shape index (κ3) is 7.45. The van der Waals surface area contributed by atoms with Crippen LogP contribution in [0.1, 0.15) is 20.3 Å². The van der Waals surface area contributed by atoms with Crippen LogP contribution in [0.25, 0.3) is 0 Å². The minimum Gasteiger partial charge on any atom is -0.325 e. The number of carbonyl (C=O) groups is 1. The molecule has 0 saturated carbocycles. The standard InChI is InChI=1S/C14H21ClN2OS/c1-3-19-9-8-11(2)16-10-14(18)17-13-6-4-12(15)5-7-13/h4-7,11,16H,3,8-10H2,1-2H3,(H,17,18). The van der Waals surface area contributed by atoms with E-state index in [0.29, 0.717) is 17.6 Å². The van der Waals surface area contributed by atoms with E-state index in [1.165, 1.54) is 0 Å². The summed E-state index contributed by atoms with van der Waals surface area (Å²) < 4.78 is 0. The quantitative estimate of drug-likeness (QED) is 0.723. The van der Waals surface area contributed by atoms with Crippen LogP contribution >= 0.6 is 23.4 Å². The van der Waals surface area contributed by atoms with Crippen molar-refractivity contribution in [3.63, 3.8) is 0 Å². The molecule has 1 unspecified atom stereocenters. The Kier molecular flexibility index (Phi) is 7.94. The number of rotatable bonds is 8. The van der Waals surface area contributed by atoms with E-state index in [0.717, 1.165) is 23.6 Å². The Morgan fingerprint density at radius 3 is 2.68 bits per heavy atom. The zero-order chi connectivity index (χ0) is 14.1. The highest BCUT2D eigenvalue weighted by atomic mass is 35.5. The van der Waals surface area contributed by atoms with Crippen LogP contribution < -0.4 is 10.6 Å². The summed E-state index contributed by atoms with van der Waals surface area (Å²) in [4.78, 5) is 11.7. The molecule has 5 heteroatoms. The first kappa shape index (κ1) is 16.3. The molecule has 0 bridgehead atoms. The lowest BCUT2D eigenvalue weighted by Crippen LogP contribution is -2.34. The van der Waals surface area contributed by atoms with E-state index in [1.54, 1.807) is 24.3 Å². The molecular weight excluding hydrogens is 280 g/mol. The van der Waals surface area contributed by atoms with Gasteiger partial charge in [-0.1, -0.05) is 18.5 Å². The van der Waals surface area contributed by atoms with E-state index < -0.39 is 0 Å². The monoisotopic (exact) mass is 300 g/mol. The van der Waals surface area contributed by atoms with Crippen molar-refractivity contribution in [2.75, 3.05) is 23.4 Å². The van der Waals surface area contributed by atoms with Gasteiger partial charge < -0.3 is 10.6 Å². The Hall–Kier alpha value is -0.710. The molecule has 0 saturated heterocycles. The lowest BCUT2D eigenvalue weighted by atomic mass is 10.2. The molecule has 1 aromatic rings. The van der Waals surface area contributed by atoms with Crippen LogP contribution in [0.15, 0.2) is 24.3 Å². The molecule has 1 rings (SSSR count). The van der Waals surface area contributed by atoms with Crippen molar-refractivity contribution >= 4 is 35.0 Å². The molecule has 0 aliphatic rings. The van der Waals surface area contributed by atoms with Gasteiger partial charge in [-0.15, -0.1) is 0 Å². The predicted octanol–water partition coefficient (Wildman–Crippen LogP) is 3.40. The maximum absolute atomic E-state index is 11.7. The number of thioether (sulfide) groups is 1. The maximum Gasteiger partial charge on any atom is 0.238 e. The number of hydrogen-bond acceptors (Lipinski definition) is 3. The van der Waals surface area contributed by atoms with Gasteiger partial charge in [-0.2, -0.15) is 11.8 Å². The summed E-state index contributed by atoms with van der Waals surface area (Å²) in [6, 6.07) is 7.46. The minimum absolute atomic E-state index is 0.0303. The fraction of sp³-hybridized carbons (Fsp3) is 0.500. The first-order chi connectivity index (χ1) is 9.11. The first-order valence-corrected chi connectivity index (χ1v) is 8.01. The summed E-state index contributed by atoms with van der Waals surface area (Å²) in [5, 5.41) is 6.71. The van der Waals surface area contributed by atoms with Gasteiger partial charge in [0.25, 0.3) is 0 Å². The van der Waals surface area contributed by atoms with E-state index in [2.05, 4.69) is 24.5 Å². The molecule has 0 aromatic heterocycles. The van der Waals surface area contributed by atoms with Gasteiger partial charge in [-0.25, -0.2) is 0 Å². The van der Waals surface area contributed by atoms with Crippen molar-refractivity contribution in [3.05, 3.63) is 29.3 Å². The molecule has 3 nitrogen and oxygen atoms in total. The number of halogens is 1. The van der Waals surface area contributed by atoms with E-state index in [1.807, 2.05) is 11.8 Å². The topological polar surface area (TPSA) is 41.1 Å². The minimum atomic E-state index is -0.0303. The molecule has 0 fully saturated rings. The highest BCUT2D eigenvalue weighted by Gasteiger charge is 2.05. The Morgan fingerprint density at radius 1 is 1.37 bits per heavy atom. The second-order valence-electron chi connectivity index (χ2n) is 4.32. The van der Waals surface area contributed by atoms with Crippen molar-refractivity contribution in [2.24, 2.45) is 0 Å². The SMILES string of the molecule is CCSCCC(C)NCC(=O)Nc1ccc(Cl)cc1. The summed E-state index contributed by atoms with van der Waals surface area (Å²) >= 11 is 7.71. The second kappa shape index (κ2) is 9.23. The molecule has 0 heterocycles. The lowest BCUT2D eigenvalue weighted by Gasteiger charge is -2.13. The largest absolute Gasteiger partial charge is 0.325 e. The van der Waals surface area contributed by atoms with Crippen LogP contribution in [0.5, 0.6) is 0 Å². The first-order valence-electron chi connectivity index (χ1n) is 6.48. The van der Waals surface area contributed by atoms with Crippen molar-refractivity contribution in [1.29, 1.82) is 0 Å². The van der Waals surface area contributed by atoms with Gasteiger partial charge in [0.1, 0.15) is 0 Å². The van der Waals surface area contributed by atoms with Gasteiger partial charge in [-0.3, -0.25) is 4.79 Å². The number of amides is 1. The van der Waals surface area contributed by atoms with Crippen molar-refractivity contribution in [3.8, 4) is 0 Å². The van der Waals surface area contributed by atoms with E-state index in [-0.39, 0.29) is 5.91 Å². The van der Waals surface area contributed by atoms with Gasteiger partial charge in [0.05, 0.1) is 6.54 Å². The predicted molar refractivity (Wildman–Crippen MR) is 85.2 cm³/mol. The fourth-order valence-electron chi connectivity index (χ4n) is 1.51. The van der Waals surface area contributed by atoms with Crippen LogP contribution in [0.4, 0.5) is 5.69 Å². The summed E-state index contributed by atoms with van der Waals surface area (Å²) in [7, 11) is 0. The molecule has 1 amide bonds. The van der Waals surface area contributed by atoms with E-state index >= 15 is 0 Å². The number of anilines is 1. The number of benzene rings is 1. The van der Waals surface area contributed by atoms with Crippen molar-refractivity contribution in [1.82, 2.24) is 5.32 Å². The zero-order valence-electron chi connectivity index (χ0n) is 11.4. The van der Waals surface area contributed by atoms with E-state index in [9.17, 15) is 4.79 Å². The third-order valence-corrected chi connectivity index (χ3v) is 3.82. The molecule has 0 spiro atoms. The lowest BCUT2D eigenvalue weighted by molar-refractivity contribution is -0.115. The Balaban J connectivity index is 2.22. The molecule has 0 aliphatic heterocycles. The summed E-state index contributed by atoms with van der Waals surface area (Å²) in [5.41, 5.74) is 0.769. The van der Waals surface area contributed by atoms with E-state index in [4.69, 9.17) is 11.6 Å². The van der Waals surface area contributed by atoms with Crippen molar-refractivity contribution < 1.29 is 4.79 Å². The maximum atomic E-state index is 11.7. The molecule has 2 N–H and O–H groups in total. The van der Waals surface area contributed by atoms with Crippen LogP contribution in [0.2, 0.25) is 5.02 Å². The highest BCUT2D eigenvalue weighted by Crippen LogP contribution is 2.13. The average molecular weight is 301 g/mol. The van der Waals surface area contributed by atoms with Gasteiger partial charge in [0.15, 0.2) is 0 Å². The van der Waals surface area contributed by atoms with Crippen molar-refractivity contribution in [2.45, 2.75) is 26.3 Å². The van der Waals surface area contributed by atoms with Crippen LogP contribution in [-0.4, -0.2) is 30.0 Å². The van der Waals surface area contributed by atoms with Crippen LogP contribution in [0.3, 0.4) is 0 Å². The molecular formula is C14H21ClN2OS. The highest BCUT2D eigenvalue weighted by molar-refractivity contribution is 7.99. The van der Waals surface area contributed by atoms with Gasteiger partial charge in [0, 0.05) is 16.8 Å². The van der Waals surface area contributed by atoms with Crippen LogP contribution in [0, 0.1) is 0 Å². The number of carbonyl (C=O) groups excluding carboxylic acids is 1. The van der Waals surface area contributed by atoms with Gasteiger partial charge in [0.2, 0.25) is 5.91 Å². The molecule has 0 aliphatic carbocycles. The second-order valence-corrected chi connectivity index (χ2v) is 6.15. The zero-order valence-corrected chi connectivity index (χ0v) is 13.0. The summed E-state index contributed by atoms with van der Waals surface area (Å²) in [5.74, 6) is 2.24. The molecule has 1 aromatic carbocycles. The molecule has 1 atom stereocenters. The van der Waals surface area contributed by atoms with Gasteiger partial charge in [-0.05, 0) is 49.1 Å². The fourth-order valence-corrected chi connectivity index (χ4v) is 2.45. The molecule has 106 valence electrons. The smallest absolute Gasteiger partial charge is 0.238 e.